The van der Waals surface area contributed by atoms with Gasteiger partial charge in [0.15, 0.2) is 17.5 Å². The molecule has 0 N–H and O–H groups in total. The number of hydrogen-bond donors (Lipinski definition) is 0. The van der Waals surface area contributed by atoms with Crippen molar-refractivity contribution in [1.82, 2.24) is 15.0 Å². The number of thiophene rings is 1. The first kappa shape index (κ1) is 23.4. The van der Waals surface area contributed by atoms with Crippen molar-refractivity contribution in [3.05, 3.63) is 164 Å². The van der Waals surface area contributed by atoms with Gasteiger partial charge in [0.05, 0.1) is 5.48 Å². The van der Waals surface area contributed by atoms with Crippen LogP contribution in [-0.4, -0.2) is 15.0 Å². The van der Waals surface area contributed by atoms with Crippen molar-refractivity contribution in [1.29, 1.82) is 0 Å². The highest BCUT2D eigenvalue weighted by Gasteiger charge is 2.15. The number of fused-ring (bicyclic) bond motifs is 4. The van der Waals surface area contributed by atoms with Crippen LogP contribution in [0.1, 0.15) is 5.48 Å². The van der Waals surface area contributed by atoms with Crippen LogP contribution in [0.4, 0.5) is 0 Å². The van der Waals surface area contributed by atoms with Crippen molar-refractivity contribution in [3.8, 4) is 56.4 Å². The molecule has 0 aliphatic rings. The molecule has 2 aromatic heterocycles. The summed E-state index contributed by atoms with van der Waals surface area (Å²) in [7, 11) is 0. The van der Waals surface area contributed by atoms with Crippen LogP contribution in [0.5, 0.6) is 0 Å². The summed E-state index contributed by atoms with van der Waals surface area (Å²) in [6, 6.07) is 45.3. The molecule has 0 aliphatic carbocycles. The maximum Gasteiger partial charge on any atom is 0.164 e. The molecular weight excluding hydrogens is 591 g/mol. The van der Waals surface area contributed by atoms with Crippen molar-refractivity contribution in [3.63, 3.8) is 0 Å². The lowest BCUT2D eigenvalue weighted by atomic mass is 9.98. The fourth-order valence-corrected chi connectivity index (χ4v) is 7.20. The molecule has 0 saturated carbocycles. The van der Waals surface area contributed by atoms with Gasteiger partial charge < -0.3 is 0 Å². The molecule has 220 valence electrons. The molecule has 0 unspecified atom stereocenters. The Morgan fingerprint density at radius 1 is 0.383 bits per heavy atom. The highest BCUT2D eigenvalue weighted by molar-refractivity contribution is 7.25. The summed E-state index contributed by atoms with van der Waals surface area (Å²) < 4.78 is 39.0. The Morgan fingerprint density at radius 2 is 1.00 bits per heavy atom. The SMILES string of the molecule is [2H]c1c([2H])c(-c2nc(-c3ccccc3)nc(-c3cccc4ccc(-c5ccccc5)cc34)n2)c([2H])c([2H])c1-c1ccc2c(c1)sc1ccccc12. The van der Waals surface area contributed by atoms with Crippen molar-refractivity contribution < 1.29 is 5.48 Å². The van der Waals surface area contributed by atoms with Gasteiger partial charge in [-0.05, 0) is 51.2 Å². The van der Waals surface area contributed by atoms with Crippen LogP contribution in [0.25, 0.3) is 87.4 Å². The third-order valence-corrected chi connectivity index (χ3v) is 9.55. The second-order valence-electron chi connectivity index (χ2n) is 11.3. The molecule has 47 heavy (non-hydrogen) atoms. The van der Waals surface area contributed by atoms with E-state index in [0.29, 0.717) is 17.2 Å². The highest BCUT2D eigenvalue weighted by Crippen LogP contribution is 2.37. The Labute approximate surface area is 282 Å². The zero-order valence-corrected chi connectivity index (χ0v) is 25.8. The average Bonchev–Trinajstić information content (AvgIpc) is 3.55. The van der Waals surface area contributed by atoms with Crippen LogP contribution < -0.4 is 0 Å². The quantitative estimate of drug-likeness (QED) is 0.192. The number of benzene rings is 7. The molecule has 7 aromatic carbocycles. The van der Waals surface area contributed by atoms with Gasteiger partial charge in [0, 0.05) is 36.9 Å². The Bertz CT molecular complexity index is 2770. The lowest BCUT2D eigenvalue weighted by Crippen LogP contribution is -2.00. The normalized spacial score (nSPS) is 12.6. The van der Waals surface area contributed by atoms with E-state index in [0.717, 1.165) is 53.2 Å². The molecule has 9 aromatic rings. The van der Waals surface area contributed by atoms with Crippen LogP contribution in [0, 0.1) is 0 Å². The van der Waals surface area contributed by atoms with Gasteiger partial charge in [0.2, 0.25) is 0 Å². The summed E-state index contributed by atoms with van der Waals surface area (Å²) in [4.78, 5) is 14.6. The first-order valence-corrected chi connectivity index (χ1v) is 16.2. The van der Waals surface area contributed by atoms with Crippen LogP contribution in [0.2, 0.25) is 0 Å². The maximum atomic E-state index is 9.23. The second-order valence-corrected chi connectivity index (χ2v) is 12.4. The number of nitrogens with zero attached hydrogens (tertiary/aromatic N) is 3. The predicted molar refractivity (Wildman–Crippen MR) is 197 cm³/mol. The van der Waals surface area contributed by atoms with Gasteiger partial charge in [-0.15, -0.1) is 11.3 Å². The molecule has 4 heteroatoms. The van der Waals surface area contributed by atoms with E-state index >= 15 is 0 Å². The zero-order valence-electron chi connectivity index (χ0n) is 29.0. The lowest BCUT2D eigenvalue weighted by Gasteiger charge is -2.12. The lowest BCUT2D eigenvalue weighted by molar-refractivity contribution is 1.08. The molecule has 0 aliphatic heterocycles. The summed E-state index contributed by atoms with van der Waals surface area (Å²) in [5.41, 5.74) is 4.56. The summed E-state index contributed by atoms with van der Waals surface area (Å²) >= 11 is 1.65. The Morgan fingerprint density at radius 3 is 1.81 bits per heavy atom. The summed E-state index contributed by atoms with van der Waals surface area (Å²) in [5.74, 6) is 0.840. The summed E-state index contributed by atoms with van der Waals surface area (Å²) in [5, 5.41) is 4.21. The molecule has 0 atom stereocenters. The zero-order chi connectivity index (χ0) is 34.6. The Kier molecular flexibility index (Phi) is 5.69. The van der Waals surface area contributed by atoms with Gasteiger partial charge in [-0.1, -0.05) is 145 Å². The van der Waals surface area contributed by atoms with Gasteiger partial charge in [-0.2, -0.15) is 0 Å². The molecule has 0 radical (unpaired) electrons. The molecule has 0 bridgehead atoms. The van der Waals surface area contributed by atoms with Crippen molar-refractivity contribution in [2.45, 2.75) is 0 Å². The standard InChI is InChI=1S/C43H27N3S/c1-3-10-28(11-4-1)33-23-20-30-14-9-16-37(38(30)26-33)43-45-41(31-12-5-2-6-13-31)44-42(46-43)32-21-18-29(19-22-32)34-24-25-36-35-15-7-8-17-39(35)47-40(36)27-34/h1-27H/i18D,19D,21D,22D. The Hall–Kier alpha value is -5.97. The van der Waals surface area contributed by atoms with E-state index in [-0.39, 0.29) is 41.1 Å². The molecule has 0 spiro atoms. The first-order chi connectivity index (χ1) is 24.9. The van der Waals surface area contributed by atoms with E-state index in [4.69, 9.17) is 17.7 Å². The van der Waals surface area contributed by atoms with Crippen LogP contribution in [0.3, 0.4) is 0 Å². The smallest absolute Gasteiger partial charge is 0.164 e. The van der Waals surface area contributed by atoms with Gasteiger partial charge in [-0.3, -0.25) is 0 Å². The minimum Gasteiger partial charge on any atom is -0.208 e. The first-order valence-electron chi connectivity index (χ1n) is 17.4. The Balaban J connectivity index is 1.24. The molecule has 3 nitrogen and oxygen atoms in total. The minimum absolute atomic E-state index is 0.0303. The average molecular weight is 622 g/mol. The van der Waals surface area contributed by atoms with E-state index in [9.17, 15) is 2.74 Å². The van der Waals surface area contributed by atoms with Gasteiger partial charge in [0.1, 0.15) is 0 Å². The molecule has 2 heterocycles. The van der Waals surface area contributed by atoms with E-state index in [2.05, 4.69) is 42.5 Å². The van der Waals surface area contributed by atoms with Crippen LogP contribution >= 0.6 is 11.3 Å². The molecule has 0 fully saturated rings. The molecule has 9 rings (SSSR count). The van der Waals surface area contributed by atoms with E-state index in [1.165, 1.54) is 0 Å². The number of aromatic nitrogens is 3. The van der Waals surface area contributed by atoms with Crippen molar-refractivity contribution >= 4 is 42.3 Å². The summed E-state index contributed by atoms with van der Waals surface area (Å²) in [6.07, 6.45) is 0. The number of rotatable bonds is 5. The third kappa shape index (κ3) is 5.05. The molecule has 0 saturated heterocycles. The van der Waals surface area contributed by atoms with Crippen molar-refractivity contribution in [2.75, 3.05) is 0 Å². The maximum absolute atomic E-state index is 9.23. The molecule has 0 amide bonds. The van der Waals surface area contributed by atoms with E-state index < -0.39 is 0 Å². The van der Waals surface area contributed by atoms with Gasteiger partial charge in [0.25, 0.3) is 0 Å². The fourth-order valence-electron chi connectivity index (χ4n) is 6.05. The van der Waals surface area contributed by atoms with Crippen molar-refractivity contribution in [2.24, 2.45) is 0 Å². The fraction of sp³-hybridized carbons (Fsp3) is 0. The topological polar surface area (TPSA) is 38.7 Å². The van der Waals surface area contributed by atoms with Gasteiger partial charge in [-0.25, -0.2) is 15.0 Å². The third-order valence-electron chi connectivity index (χ3n) is 8.41. The van der Waals surface area contributed by atoms with Crippen LogP contribution in [0.15, 0.2) is 164 Å². The highest BCUT2D eigenvalue weighted by atomic mass is 32.1. The second kappa shape index (κ2) is 11.4. The largest absolute Gasteiger partial charge is 0.208 e. The minimum atomic E-state index is -0.206. The van der Waals surface area contributed by atoms with Gasteiger partial charge >= 0.3 is 0 Å². The number of hydrogen-bond acceptors (Lipinski definition) is 4. The summed E-state index contributed by atoms with van der Waals surface area (Å²) in [6.45, 7) is 0. The van der Waals surface area contributed by atoms with E-state index in [1.807, 2.05) is 97.1 Å². The van der Waals surface area contributed by atoms with E-state index in [1.54, 1.807) is 11.3 Å². The van der Waals surface area contributed by atoms with Crippen LogP contribution in [-0.2, 0) is 0 Å². The molecular formula is C43H27N3S. The predicted octanol–water partition coefficient (Wildman–Crippen LogP) is 11.7. The monoisotopic (exact) mass is 621 g/mol.